The van der Waals surface area contributed by atoms with E-state index in [1.54, 1.807) is 24.1 Å². The lowest BCUT2D eigenvalue weighted by Crippen LogP contribution is -2.40. The third-order valence-electron chi connectivity index (χ3n) is 3.62. The van der Waals surface area contributed by atoms with E-state index in [1.807, 2.05) is 26.0 Å². The molecular weight excluding hydrogens is 349 g/mol. The maximum atomic E-state index is 12.3. The number of hydrogen-bond donors (Lipinski definition) is 1. The Morgan fingerprint density at radius 2 is 1.96 bits per heavy atom. The van der Waals surface area contributed by atoms with E-state index in [0.29, 0.717) is 29.7 Å². The minimum absolute atomic E-state index is 0. The Morgan fingerprint density at radius 3 is 2.54 bits per heavy atom. The van der Waals surface area contributed by atoms with Crippen molar-refractivity contribution in [1.29, 1.82) is 0 Å². The van der Waals surface area contributed by atoms with E-state index in [9.17, 15) is 4.79 Å². The molecular formula is C17H23Cl2N3O2. The largest absolute Gasteiger partial charge is 0.444 e. The zero-order valence-corrected chi connectivity index (χ0v) is 15.7. The first-order chi connectivity index (χ1) is 10.8. The van der Waals surface area contributed by atoms with Gasteiger partial charge in [-0.05, 0) is 36.2 Å². The number of halogens is 2. The molecule has 0 bridgehead atoms. The van der Waals surface area contributed by atoms with Gasteiger partial charge in [0.05, 0.1) is 12.1 Å². The fraction of sp³-hybridized carbons (Fsp3) is 0.412. The minimum atomic E-state index is -0.108. The summed E-state index contributed by atoms with van der Waals surface area (Å²) in [5.74, 6) is 0.469. The van der Waals surface area contributed by atoms with Crippen molar-refractivity contribution in [3.8, 4) is 11.5 Å². The van der Waals surface area contributed by atoms with Gasteiger partial charge in [-0.15, -0.1) is 12.4 Å². The van der Waals surface area contributed by atoms with Crippen LogP contribution in [0.15, 0.2) is 34.9 Å². The molecule has 0 saturated carbocycles. The summed E-state index contributed by atoms with van der Waals surface area (Å²) in [4.78, 5) is 18.3. The molecule has 0 fully saturated rings. The second-order valence-electron chi connectivity index (χ2n) is 6.45. The average Bonchev–Trinajstić information content (AvgIpc) is 2.96. The molecule has 0 aliphatic heterocycles. The van der Waals surface area contributed by atoms with Crippen molar-refractivity contribution < 1.29 is 9.21 Å². The van der Waals surface area contributed by atoms with Crippen LogP contribution in [0, 0.1) is 5.41 Å². The topological polar surface area (TPSA) is 72.4 Å². The average molecular weight is 372 g/mol. The zero-order chi connectivity index (χ0) is 17.0. The van der Waals surface area contributed by atoms with Crippen LogP contribution in [-0.4, -0.2) is 35.9 Å². The van der Waals surface area contributed by atoms with E-state index < -0.39 is 0 Å². The molecule has 1 aromatic carbocycles. The summed E-state index contributed by atoms with van der Waals surface area (Å²) >= 11 is 5.86. The lowest BCUT2D eigenvalue weighted by Gasteiger charge is -2.28. The van der Waals surface area contributed by atoms with E-state index in [1.165, 1.54) is 6.26 Å². The molecule has 7 heteroatoms. The molecule has 2 rings (SSSR count). The summed E-state index contributed by atoms with van der Waals surface area (Å²) in [6.07, 6.45) is 1.72. The van der Waals surface area contributed by atoms with Gasteiger partial charge in [0.1, 0.15) is 6.26 Å². The highest BCUT2D eigenvalue weighted by Crippen LogP contribution is 2.21. The molecule has 132 valence electrons. The van der Waals surface area contributed by atoms with E-state index in [0.717, 1.165) is 5.56 Å². The number of carbonyl (C=O) groups is 1. The highest BCUT2D eigenvalue weighted by molar-refractivity contribution is 6.30. The van der Waals surface area contributed by atoms with E-state index in [2.05, 4.69) is 4.98 Å². The van der Waals surface area contributed by atoms with Gasteiger partial charge in [-0.1, -0.05) is 25.4 Å². The van der Waals surface area contributed by atoms with E-state index in [4.69, 9.17) is 21.8 Å². The predicted octanol–water partition coefficient (Wildman–Crippen LogP) is 3.40. The van der Waals surface area contributed by atoms with Crippen LogP contribution in [0.1, 0.15) is 19.5 Å². The number of likely N-dealkylation sites (N-methyl/N-ethyl adjacent to an activating group) is 1. The Labute approximate surface area is 153 Å². The molecule has 1 heterocycles. The number of aromatic nitrogens is 1. The number of nitrogens with zero attached hydrogens (tertiary/aromatic N) is 2. The monoisotopic (exact) mass is 371 g/mol. The van der Waals surface area contributed by atoms with Crippen molar-refractivity contribution in [3.63, 3.8) is 0 Å². The molecule has 2 aromatic rings. The molecule has 2 N–H and O–H groups in total. The second kappa shape index (κ2) is 8.51. The Hall–Kier alpha value is -1.56. The van der Waals surface area contributed by atoms with Crippen LogP contribution in [0.2, 0.25) is 5.02 Å². The quantitative estimate of drug-likeness (QED) is 0.844. The number of carbonyl (C=O) groups excluding carboxylic acids is 1. The zero-order valence-electron chi connectivity index (χ0n) is 14.1. The molecule has 0 spiro atoms. The van der Waals surface area contributed by atoms with Crippen LogP contribution in [0.3, 0.4) is 0 Å². The molecule has 1 aromatic heterocycles. The van der Waals surface area contributed by atoms with Gasteiger partial charge in [-0.2, -0.15) is 0 Å². The third-order valence-corrected chi connectivity index (χ3v) is 3.87. The molecule has 5 nitrogen and oxygen atoms in total. The molecule has 0 radical (unpaired) electrons. The normalized spacial score (nSPS) is 11.0. The molecule has 0 atom stereocenters. The van der Waals surface area contributed by atoms with Gasteiger partial charge in [0, 0.05) is 24.2 Å². The summed E-state index contributed by atoms with van der Waals surface area (Å²) in [6, 6.07) is 7.20. The van der Waals surface area contributed by atoms with Crippen molar-refractivity contribution in [3.05, 3.63) is 41.2 Å². The predicted molar refractivity (Wildman–Crippen MR) is 98.4 cm³/mol. The fourth-order valence-electron chi connectivity index (χ4n) is 2.20. The van der Waals surface area contributed by atoms with Crippen LogP contribution in [0.4, 0.5) is 0 Å². The highest BCUT2D eigenvalue weighted by Gasteiger charge is 2.22. The van der Waals surface area contributed by atoms with Crippen LogP contribution in [-0.2, 0) is 11.2 Å². The summed E-state index contributed by atoms with van der Waals surface area (Å²) in [5, 5.41) is 0.653. The van der Waals surface area contributed by atoms with Crippen LogP contribution in [0.25, 0.3) is 11.5 Å². The maximum Gasteiger partial charge on any atom is 0.228 e. The van der Waals surface area contributed by atoms with E-state index >= 15 is 0 Å². The van der Waals surface area contributed by atoms with Gasteiger partial charge in [0.25, 0.3) is 0 Å². The fourth-order valence-corrected chi connectivity index (χ4v) is 2.32. The summed E-state index contributed by atoms with van der Waals surface area (Å²) in [5.41, 5.74) is 7.04. The number of amides is 1. The number of rotatable bonds is 6. The number of oxazole rings is 1. The summed E-state index contributed by atoms with van der Waals surface area (Å²) in [6.45, 7) is 5.19. The number of hydrogen-bond acceptors (Lipinski definition) is 4. The number of benzene rings is 1. The first kappa shape index (κ1) is 20.5. The van der Waals surface area contributed by atoms with Gasteiger partial charge >= 0.3 is 0 Å². The van der Waals surface area contributed by atoms with E-state index in [-0.39, 0.29) is 30.2 Å². The molecule has 0 saturated heterocycles. The SMILES string of the molecule is CN(CC(C)(C)CN)C(=O)Cc1coc(-c2ccc(Cl)cc2)n1.Cl. The highest BCUT2D eigenvalue weighted by atomic mass is 35.5. The lowest BCUT2D eigenvalue weighted by molar-refractivity contribution is -0.130. The van der Waals surface area contributed by atoms with Gasteiger partial charge in [0.2, 0.25) is 11.8 Å². The Bertz CT molecular complexity index is 669. The first-order valence-corrected chi connectivity index (χ1v) is 7.83. The van der Waals surface area contributed by atoms with Crippen LogP contribution >= 0.6 is 24.0 Å². The maximum absolute atomic E-state index is 12.3. The van der Waals surface area contributed by atoms with Gasteiger partial charge < -0.3 is 15.1 Å². The van der Waals surface area contributed by atoms with Crippen molar-refractivity contribution in [1.82, 2.24) is 9.88 Å². The molecule has 0 aliphatic carbocycles. The van der Waals surface area contributed by atoms with Gasteiger partial charge in [-0.3, -0.25) is 4.79 Å². The minimum Gasteiger partial charge on any atom is -0.444 e. The summed E-state index contributed by atoms with van der Waals surface area (Å²) < 4.78 is 5.45. The second-order valence-corrected chi connectivity index (χ2v) is 6.88. The summed E-state index contributed by atoms with van der Waals surface area (Å²) in [7, 11) is 1.78. The Morgan fingerprint density at radius 1 is 1.33 bits per heavy atom. The smallest absolute Gasteiger partial charge is 0.228 e. The Kier molecular flexibility index (Phi) is 7.27. The third kappa shape index (κ3) is 5.51. The van der Waals surface area contributed by atoms with Crippen LogP contribution < -0.4 is 5.73 Å². The number of nitrogens with two attached hydrogens (primary N) is 1. The van der Waals surface area contributed by atoms with Crippen LogP contribution in [0.5, 0.6) is 0 Å². The van der Waals surface area contributed by atoms with Gasteiger partial charge in [-0.25, -0.2) is 4.98 Å². The molecule has 0 unspecified atom stereocenters. The van der Waals surface area contributed by atoms with Gasteiger partial charge in [0.15, 0.2) is 0 Å². The molecule has 24 heavy (non-hydrogen) atoms. The Balaban J connectivity index is 0.00000288. The van der Waals surface area contributed by atoms with Crippen molar-refractivity contribution >= 4 is 29.9 Å². The standard InChI is InChI=1S/C17H22ClN3O2.ClH/c1-17(2,10-19)11-21(3)15(22)8-14-9-23-16(20-14)12-4-6-13(18)7-5-12;/h4-7,9H,8,10-11,19H2,1-3H3;1H. The lowest BCUT2D eigenvalue weighted by atomic mass is 9.93. The van der Waals surface area contributed by atoms with Crippen molar-refractivity contribution in [2.75, 3.05) is 20.1 Å². The van der Waals surface area contributed by atoms with Crippen molar-refractivity contribution in [2.24, 2.45) is 11.1 Å². The molecule has 1 amide bonds. The first-order valence-electron chi connectivity index (χ1n) is 7.45. The molecule has 0 aliphatic rings. The van der Waals surface area contributed by atoms with Crippen molar-refractivity contribution in [2.45, 2.75) is 20.3 Å².